The van der Waals surface area contributed by atoms with Crippen LogP contribution in [0.5, 0.6) is 0 Å². The monoisotopic (exact) mass is 300 g/mol. The summed E-state index contributed by atoms with van der Waals surface area (Å²) in [7, 11) is -0.625. The molecule has 0 unspecified atom stereocenters. The standard InChI is InChI=1S/C16H13PS2/c1-2-13-19-16(18)17(14-9-5-3-6-10-14)15-11-7-4-8-12-15/h1,3-12H,13H2. The van der Waals surface area contributed by atoms with Gasteiger partial charge in [-0.05, 0) is 10.6 Å². The van der Waals surface area contributed by atoms with Crippen LogP contribution in [0.3, 0.4) is 0 Å². The number of thiocarbonyl (C=S) groups is 1. The van der Waals surface area contributed by atoms with Gasteiger partial charge in [0.2, 0.25) is 0 Å². The fourth-order valence-electron chi connectivity index (χ4n) is 1.68. The van der Waals surface area contributed by atoms with Gasteiger partial charge < -0.3 is 0 Å². The van der Waals surface area contributed by atoms with Crippen LogP contribution >= 0.6 is 31.9 Å². The van der Waals surface area contributed by atoms with E-state index in [2.05, 4.69) is 54.5 Å². The van der Waals surface area contributed by atoms with Gasteiger partial charge in [0.05, 0.1) is 9.69 Å². The van der Waals surface area contributed by atoms with Gasteiger partial charge in [0, 0.05) is 7.92 Å². The molecule has 3 heteroatoms. The highest BCUT2D eigenvalue weighted by atomic mass is 32.2. The maximum atomic E-state index is 5.60. The third-order valence-corrected chi connectivity index (χ3v) is 6.88. The lowest BCUT2D eigenvalue weighted by Crippen LogP contribution is -2.15. The van der Waals surface area contributed by atoms with Gasteiger partial charge in [-0.2, -0.15) is 0 Å². The van der Waals surface area contributed by atoms with Crippen molar-refractivity contribution in [1.29, 1.82) is 0 Å². The number of rotatable bonds is 4. The summed E-state index contributed by atoms with van der Waals surface area (Å²) in [5, 5.41) is 2.55. The zero-order valence-corrected chi connectivity index (χ0v) is 12.8. The smallest absolute Gasteiger partial charge is 0.0807 e. The van der Waals surface area contributed by atoms with Crippen LogP contribution < -0.4 is 10.6 Å². The van der Waals surface area contributed by atoms with Crippen molar-refractivity contribution < 1.29 is 0 Å². The number of hydrogen-bond donors (Lipinski definition) is 0. The molecule has 0 saturated heterocycles. The van der Waals surface area contributed by atoms with Crippen LogP contribution in [0.2, 0.25) is 0 Å². The van der Waals surface area contributed by atoms with E-state index in [0.29, 0.717) is 5.75 Å². The van der Waals surface area contributed by atoms with Crippen molar-refractivity contribution in [2.45, 2.75) is 0 Å². The van der Waals surface area contributed by atoms with E-state index in [9.17, 15) is 0 Å². The Balaban J connectivity index is 2.35. The minimum absolute atomic E-state index is 0.625. The summed E-state index contributed by atoms with van der Waals surface area (Å²) in [6.07, 6.45) is 5.33. The summed E-state index contributed by atoms with van der Waals surface area (Å²) < 4.78 is 0.991. The third-order valence-electron chi connectivity index (χ3n) is 2.49. The minimum Gasteiger partial charge on any atom is -0.119 e. The lowest BCUT2D eigenvalue weighted by Gasteiger charge is -2.18. The normalized spacial score (nSPS) is 10.1. The Bertz CT molecular complexity index is 533. The average Bonchev–Trinajstić information content (AvgIpc) is 2.47. The van der Waals surface area contributed by atoms with Crippen molar-refractivity contribution in [3.05, 3.63) is 60.7 Å². The van der Waals surface area contributed by atoms with Crippen LogP contribution in [0.25, 0.3) is 0 Å². The molecule has 0 fully saturated rings. The summed E-state index contributed by atoms with van der Waals surface area (Å²) in [6, 6.07) is 20.8. The first-order valence-electron chi connectivity index (χ1n) is 5.83. The Labute approximate surface area is 125 Å². The maximum absolute atomic E-state index is 5.60. The molecule has 0 saturated carbocycles. The second kappa shape index (κ2) is 7.46. The Kier molecular flexibility index (Phi) is 5.61. The maximum Gasteiger partial charge on any atom is 0.0807 e. The molecule has 0 N–H and O–H groups in total. The molecule has 2 aromatic carbocycles. The highest BCUT2D eigenvalue weighted by molar-refractivity contribution is 8.37. The third kappa shape index (κ3) is 3.91. The molecular formula is C16H13PS2. The molecule has 0 radical (unpaired) electrons. The first kappa shape index (κ1) is 14.3. The Morgan fingerprint density at radius 2 is 1.47 bits per heavy atom. The summed E-state index contributed by atoms with van der Waals surface area (Å²) in [4.78, 5) is 0. The first-order chi connectivity index (χ1) is 9.33. The van der Waals surface area contributed by atoms with Crippen molar-refractivity contribution in [2.24, 2.45) is 0 Å². The fourth-order valence-corrected chi connectivity index (χ4v) is 5.70. The molecule has 94 valence electrons. The van der Waals surface area contributed by atoms with Crippen LogP contribution in [-0.4, -0.2) is 9.69 Å². The number of thioether (sulfide) groups is 1. The summed E-state index contributed by atoms with van der Waals surface area (Å²) >= 11 is 7.20. The van der Waals surface area contributed by atoms with E-state index in [1.807, 2.05) is 12.1 Å². The highest BCUT2D eigenvalue weighted by Gasteiger charge is 2.18. The molecule has 0 bridgehead atoms. The van der Waals surface area contributed by atoms with E-state index in [4.69, 9.17) is 18.6 Å². The SMILES string of the molecule is C#CCSC(=S)P(c1ccccc1)c1ccccc1. The summed E-state index contributed by atoms with van der Waals surface area (Å²) in [5.41, 5.74) is 0. The molecule has 19 heavy (non-hydrogen) atoms. The van der Waals surface area contributed by atoms with Crippen LogP contribution in [0.15, 0.2) is 60.7 Å². The van der Waals surface area contributed by atoms with Crippen molar-refractivity contribution in [3.8, 4) is 12.3 Å². The minimum atomic E-state index is -0.625. The van der Waals surface area contributed by atoms with Gasteiger partial charge in [0.1, 0.15) is 0 Å². The zero-order chi connectivity index (χ0) is 13.5. The number of hydrogen-bond acceptors (Lipinski definition) is 2. The van der Waals surface area contributed by atoms with Gasteiger partial charge in [-0.3, -0.25) is 0 Å². The number of terminal acetylenes is 1. The van der Waals surface area contributed by atoms with E-state index in [0.717, 1.165) is 3.94 Å². The van der Waals surface area contributed by atoms with E-state index < -0.39 is 7.92 Å². The fraction of sp³-hybridized carbons (Fsp3) is 0.0625. The van der Waals surface area contributed by atoms with E-state index >= 15 is 0 Å². The van der Waals surface area contributed by atoms with Gasteiger partial charge in [-0.15, -0.1) is 18.2 Å². The molecule has 0 nitrogen and oxygen atoms in total. The van der Waals surface area contributed by atoms with Gasteiger partial charge in [-0.25, -0.2) is 0 Å². The molecule has 0 spiro atoms. The molecule has 2 rings (SSSR count). The zero-order valence-electron chi connectivity index (χ0n) is 10.3. The quantitative estimate of drug-likeness (QED) is 0.479. The summed E-state index contributed by atoms with van der Waals surface area (Å²) in [5.74, 6) is 3.28. The summed E-state index contributed by atoms with van der Waals surface area (Å²) in [6.45, 7) is 0. The van der Waals surface area contributed by atoms with Crippen molar-refractivity contribution in [2.75, 3.05) is 5.75 Å². The molecule has 0 aliphatic carbocycles. The first-order valence-corrected chi connectivity index (χ1v) is 8.57. The van der Waals surface area contributed by atoms with Crippen molar-refractivity contribution in [1.82, 2.24) is 0 Å². The Morgan fingerprint density at radius 3 is 1.89 bits per heavy atom. The van der Waals surface area contributed by atoms with E-state index in [-0.39, 0.29) is 0 Å². The van der Waals surface area contributed by atoms with Gasteiger partial charge in [0.25, 0.3) is 0 Å². The van der Waals surface area contributed by atoms with E-state index in [1.54, 1.807) is 11.8 Å². The van der Waals surface area contributed by atoms with Crippen LogP contribution in [-0.2, 0) is 0 Å². The van der Waals surface area contributed by atoms with Crippen LogP contribution in [0.4, 0.5) is 0 Å². The van der Waals surface area contributed by atoms with Gasteiger partial charge in [0.15, 0.2) is 0 Å². The lowest BCUT2D eigenvalue weighted by molar-refractivity contribution is 1.76. The predicted molar refractivity (Wildman–Crippen MR) is 93.0 cm³/mol. The molecule has 0 atom stereocenters. The molecular weight excluding hydrogens is 287 g/mol. The van der Waals surface area contributed by atoms with Gasteiger partial charge >= 0.3 is 0 Å². The Hall–Kier alpha value is -1.13. The molecule has 0 aliphatic heterocycles. The van der Waals surface area contributed by atoms with Crippen molar-refractivity contribution >= 4 is 46.4 Å². The second-order valence-corrected chi connectivity index (χ2v) is 8.17. The molecule has 0 aromatic heterocycles. The average molecular weight is 300 g/mol. The van der Waals surface area contributed by atoms with Crippen molar-refractivity contribution in [3.63, 3.8) is 0 Å². The Morgan fingerprint density at radius 1 is 1.00 bits per heavy atom. The highest BCUT2D eigenvalue weighted by Crippen LogP contribution is 2.40. The van der Waals surface area contributed by atoms with Gasteiger partial charge in [-0.1, -0.05) is 78.8 Å². The lowest BCUT2D eigenvalue weighted by atomic mass is 10.4. The predicted octanol–water partition coefficient (Wildman–Crippen LogP) is 3.77. The molecule has 0 amide bonds. The van der Waals surface area contributed by atoms with Crippen LogP contribution in [0, 0.1) is 12.3 Å². The largest absolute Gasteiger partial charge is 0.119 e. The second-order valence-electron chi connectivity index (χ2n) is 3.77. The number of benzene rings is 2. The van der Waals surface area contributed by atoms with Crippen LogP contribution in [0.1, 0.15) is 0 Å². The topological polar surface area (TPSA) is 0 Å². The molecule has 2 aromatic rings. The molecule has 0 aliphatic rings. The molecule has 0 heterocycles. The van der Waals surface area contributed by atoms with E-state index in [1.165, 1.54) is 10.6 Å².